The van der Waals surface area contributed by atoms with Crippen LogP contribution in [0.1, 0.15) is 35.9 Å². The van der Waals surface area contributed by atoms with Gasteiger partial charge < -0.3 is 5.32 Å². The lowest BCUT2D eigenvalue weighted by Gasteiger charge is -2.08. The number of pyridine rings is 2. The van der Waals surface area contributed by atoms with Crippen LogP contribution in [0.2, 0.25) is 0 Å². The summed E-state index contributed by atoms with van der Waals surface area (Å²) in [6.07, 6.45) is 3.59. The summed E-state index contributed by atoms with van der Waals surface area (Å²) in [6, 6.07) is 12.9. The van der Waals surface area contributed by atoms with E-state index in [0.717, 1.165) is 22.4 Å². The van der Waals surface area contributed by atoms with Crippen LogP contribution in [-0.4, -0.2) is 25.5 Å². The molecule has 0 unspecified atom stereocenters. The molecule has 4 aromatic rings. The van der Waals surface area contributed by atoms with Crippen LogP contribution in [0.4, 0.5) is 5.69 Å². The van der Waals surface area contributed by atoms with Crippen LogP contribution in [0.25, 0.3) is 16.6 Å². The molecule has 0 radical (unpaired) electrons. The molecular formula is C19H17N5O. The predicted molar refractivity (Wildman–Crippen MR) is 96.8 cm³/mol. The number of carbonyl (C=O) groups excluding carboxylic acids is 1. The molecule has 3 heterocycles. The molecule has 0 saturated heterocycles. The lowest BCUT2D eigenvalue weighted by atomic mass is 10.1. The van der Waals surface area contributed by atoms with Crippen LogP contribution in [0.3, 0.4) is 0 Å². The van der Waals surface area contributed by atoms with Gasteiger partial charge in [0, 0.05) is 29.3 Å². The summed E-state index contributed by atoms with van der Waals surface area (Å²) in [5.74, 6) is 0.945. The van der Waals surface area contributed by atoms with Crippen molar-refractivity contribution in [2.24, 2.45) is 0 Å². The maximum atomic E-state index is 12.6. The Labute approximate surface area is 144 Å². The first-order chi connectivity index (χ1) is 12.1. The number of hydrogen-bond acceptors (Lipinski definition) is 4. The number of hydrogen-bond donors (Lipinski definition) is 1. The molecule has 0 bridgehead atoms. The van der Waals surface area contributed by atoms with Gasteiger partial charge in [-0.25, -0.2) is 0 Å². The zero-order valence-electron chi connectivity index (χ0n) is 14.0. The summed E-state index contributed by atoms with van der Waals surface area (Å²) >= 11 is 0. The van der Waals surface area contributed by atoms with E-state index in [2.05, 4.69) is 34.3 Å². The van der Waals surface area contributed by atoms with Crippen LogP contribution in [0.15, 0.2) is 54.9 Å². The Morgan fingerprint density at radius 3 is 2.84 bits per heavy atom. The first-order valence-electron chi connectivity index (χ1n) is 8.12. The molecule has 0 aliphatic carbocycles. The maximum absolute atomic E-state index is 12.6. The monoisotopic (exact) mass is 331 g/mol. The standard InChI is InChI=1S/C19H17N5O/c1-12(2)18-23-22-17-8-6-15(11-24(17)18)21-19(25)14-5-7-16-13(10-14)4-3-9-20-16/h3-12H,1-2H3,(H,21,25). The van der Waals surface area contributed by atoms with Gasteiger partial charge in [0.15, 0.2) is 5.65 Å². The third kappa shape index (κ3) is 2.82. The smallest absolute Gasteiger partial charge is 0.255 e. The van der Waals surface area contributed by atoms with Gasteiger partial charge in [0.05, 0.1) is 11.2 Å². The number of nitrogens with one attached hydrogen (secondary N) is 1. The van der Waals surface area contributed by atoms with Gasteiger partial charge in [-0.15, -0.1) is 10.2 Å². The lowest BCUT2D eigenvalue weighted by molar-refractivity contribution is 0.102. The van der Waals surface area contributed by atoms with Crippen molar-refractivity contribution in [3.63, 3.8) is 0 Å². The van der Waals surface area contributed by atoms with Crippen molar-refractivity contribution in [1.29, 1.82) is 0 Å². The molecule has 124 valence electrons. The van der Waals surface area contributed by atoms with Crippen LogP contribution in [0, 0.1) is 0 Å². The minimum absolute atomic E-state index is 0.163. The van der Waals surface area contributed by atoms with E-state index in [1.165, 1.54) is 0 Å². The Kier molecular flexibility index (Phi) is 3.65. The van der Waals surface area contributed by atoms with Gasteiger partial charge >= 0.3 is 0 Å². The summed E-state index contributed by atoms with van der Waals surface area (Å²) in [5, 5.41) is 12.2. The molecule has 4 rings (SSSR count). The van der Waals surface area contributed by atoms with E-state index in [4.69, 9.17) is 0 Å². The number of aromatic nitrogens is 4. The number of fused-ring (bicyclic) bond motifs is 2. The van der Waals surface area contributed by atoms with Crippen molar-refractivity contribution in [3.8, 4) is 0 Å². The quantitative estimate of drug-likeness (QED) is 0.622. The van der Waals surface area contributed by atoms with Crippen molar-refractivity contribution >= 4 is 28.1 Å². The zero-order chi connectivity index (χ0) is 17.4. The number of anilines is 1. The Hall–Kier alpha value is -3.28. The molecule has 0 aliphatic rings. The van der Waals surface area contributed by atoms with Crippen molar-refractivity contribution in [1.82, 2.24) is 19.6 Å². The zero-order valence-corrected chi connectivity index (χ0v) is 14.0. The van der Waals surface area contributed by atoms with E-state index in [1.54, 1.807) is 12.3 Å². The summed E-state index contributed by atoms with van der Waals surface area (Å²) in [7, 11) is 0. The molecule has 0 fully saturated rings. The van der Waals surface area contributed by atoms with E-state index in [1.807, 2.05) is 47.0 Å². The molecule has 6 heteroatoms. The van der Waals surface area contributed by atoms with Gasteiger partial charge in [0.25, 0.3) is 5.91 Å². The summed E-state index contributed by atoms with van der Waals surface area (Å²) < 4.78 is 1.91. The second-order valence-corrected chi connectivity index (χ2v) is 6.22. The summed E-state index contributed by atoms with van der Waals surface area (Å²) in [6.45, 7) is 4.12. The summed E-state index contributed by atoms with van der Waals surface area (Å²) in [4.78, 5) is 16.9. The van der Waals surface area contributed by atoms with E-state index in [0.29, 0.717) is 11.3 Å². The van der Waals surface area contributed by atoms with E-state index in [9.17, 15) is 4.79 Å². The lowest BCUT2D eigenvalue weighted by Crippen LogP contribution is -2.12. The molecular weight excluding hydrogens is 314 g/mol. The topological polar surface area (TPSA) is 72.2 Å². The normalized spacial score (nSPS) is 11.3. The second-order valence-electron chi connectivity index (χ2n) is 6.22. The van der Waals surface area contributed by atoms with Crippen LogP contribution in [-0.2, 0) is 0 Å². The van der Waals surface area contributed by atoms with Crippen molar-refractivity contribution in [3.05, 3.63) is 66.2 Å². The van der Waals surface area contributed by atoms with Gasteiger partial charge in [-0.2, -0.15) is 0 Å². The third-order valence-electron chi connectivity index (χ3n) is 4.07. The molecule has 1 amide bonds. The average molecular weight is 331 g/mol. The minimum Gasteiger partial charge on any atom is -0.321 e. The van der Waals surface area contributed by atoms with Crippen molar-refractivity contribution in [2.45, 2.75) is 19.8 Å². The second kappa shape index (κ2) is 5.98. The maximum Gasteiger partial charge on any atom is 0.255 e. The largest absolute Gasteiger partial charge is 0.321 e. The molecule has 1 N–H and O–H groups in total. The highest BCUT2D eigenvalue weighted by molar-refractivity contribution is 6.06. The fraction of sp³-hybridized carbons (Fsp3) is 0.158. The first kappa shape index (κ1) is 15.3. The molecule has 6 nitrogen and oxygen atoms in total. The van der Waals surface area contributed by atoms with Crippen molar-refractivity contribution in [2.75, 3.05) is 5.32 Å². The Balaban J connectivity index is 1.65. The van der Waals surface area contributed by atoms with Crippen LogP contribution < -0.4 is 5.32 Å². The fourth-order valence-electron chi connectivity index (χ4n) is 2.80. The molecule has 0 atom stereocenters. The van der Waals surface area contributed by atoms with E-state index in [-0.39, 0.29) is 11.8 Å². The molecule has 0 spiro atoms. The predicted octanol–water partition coefficient (Wildman–Crippen LogP) is 3.65. The number of nitrogens with zero attached hydrogens (tertiary/aromatic N) is 4. The number of benzene rings is 1. The molecule has 25 heavy (non-hydrogen) atoms. The van der Waals surface area contributed by atoms with Gasteiger partial charge in [0.1, 0.15) is 5.82 Å². The van der Waals surface area contributed by atoms with Gasteiger partial charge in [-0.05, 0) is 36.4 Å². The Bertz CT molecular complexity index is 1080. The number of rotatable bonds is 3. The number of carbonyl (C=O) groups is 1. The van der Waals surface area contributed by atoms with Gasteiger partial charge in [-0.3, -0.25) is 14.2 Å². The average Bonchev–Trinajstić information content (AvgIpc) is 3.04. The third-order valence-corrected chi connectivity index (χ3v) is 4.07. The minimum atomic E-state index is -0.163. The molecule has 0 aliphatic heterocycles. The number of amides is 1. The highest BCUT2D eigenvalue weighted by atomic mass is 16.1. The van der Waals surface area contributed by atoms with E-state index < -0.39 is 0 Å². The molecule has 1 aromatic carbocycles. The highest BCUT2D eigenvalue weighted by Gasteiger charge is 2.11. The van der Waals surface area contributed by atoms with Crippen LogP contribution in [0.5, 0.6) is 0 Å². The first-order valence-corrected chi connectivity index (χ1v) is 8.12. The summed E-state index contributed by atoms with van der Waals surface area (Å²) in [5.41, 5.74) is 2.92. The SMILES string of the molecule is CC(C)c1nnc2ccc(NC(=O)c3ccc4ncccc4c3)cn12. The fourth-order valence-corrected chi connectivity index (χ4v) is 2.80. The Morgan fingerprint density at radius 2 is 2.00 bits per heavy atom. The molecule has 0 saturated carbocycles. The molecule has 3 aromatic heterocycles. The van der Waals surface area contributed by atoms with Gasteiger partial charge in [-0.1, -0.05) is 19.9 Å². The van der Waals surface area contributed by atoms with Crippen molar-refractivity contribution < 1.29 is 4.79 Å². The van der Waals surface area contributed by atoms with Gasteiger partial charge in [0.2, 0.25) is 0 Å². The highest BCUT2D eigenvalue weighted by Crippen LogP contribution is 2.18. The van der Waals surface area contributed by atoms with Crippen LogP contribution >= 0.6 is 0 Å². The van der Waals surface area contributed by atoms with E-state index >= 15 is 0 Å². The Morgan fingerprint density at radius 1 is 1.12 bits per heavy atom.